The summed E-state index contributed by atoms with van der Waals surface area (Å²) in [7, 11) is 0. The number of aliphatic hydroxyl groups excluding tert-OH is 1. The van der Waals surface area contributed by atoms with Crippen molar-refractivity contribution in [2.24, 2.45) is 5.92 Å². The Morgan fingerprint density at radius 1 is 1.43 bits per heavy atom. The van der Waals surface area contributed by atoms with Crippen molar-refractivity contribution in [1.29, 1.82) is 0 Å². The van der Waals surface area contributed by atoms with E-state index in [-0.39, 0.29) is 11.7 Å². The van der Waals surface area contributed by atoms with E-state index in [0.717, 1.165) is 11.3 Å². The molecule has 0 aliphatic heterocycles. The number of aryl methyl sites for hydroxylation is 1. The zero-order chi connectivity index (χ0) is 10.3. The third-order valence-corrected chi connectivity index (χ3v) is 2.82. The van der Waals surface area contributed by atoms with Crippen LogP contribution in [-0.4, -0.2) is 21.5 Å². The van der Waals surface area contributed by atoms with Gasteiger partial charge in [-0.3, -0.25) is 4.98 Å². The van der Waals surface area contributed by atoms with E-state index in [9.17, 15) is 4.39 Å². The highest BCUT2D eigenvalue weighted by molar-refractivity contribution is 5.35. The molecule has 0 radical (unpaired) electrons. The van der Waals surface area contributed by atoms with Crippen LogP contribution in [0.2, 0.25) is 0 Å². The van der Waals surface area contributed by atoms with Crippen molar-refractivity contribution in [2.75, 3.05) is 0 Å². The number of aliphatic hydroxyl groups is 2. The van der Waals surface area contributed by atoms with Gasteiger partial charge in [0.2, 0.25) is 0 Å². The molecule has 1 atom stereocenters. The second-order valence-corrected chi connectivity index (χ2v) is 3.73. The Kier molecular flexibility index (Phi) is 2.25. The number of rotatable bonds is 1. The van der Waals surface area contributed by atoms with Crippen molar-refractivity contribution in [2.45, 2.75) is 26.1 Å². The minimum absolute atomic E-state index is 0.289. The normalized spacial score (nSPS) is 20.2. The second-order valence-electron chi connectivity index (χ2n) is 3.73. The van der Waals surface area contributed by atoms with Crippen LogP contribution in [0.25, 0.3) is 0 Å². The lowest BCUT2D eigenvalue weighted by atomic mass is 10.1. The van der Waals surface area contributed by atoms with Gasteiger partial charge in [0.05, 0.1) is 6.20 Å². The van der Waals surface area contributed by atoms with Crippen molar-refractivity contribution in [3.05, 3.63) is 28.8 Å². The van der Waals surface area contributed by atoms with Crippen LogP contribution in [-0.2, 0) is 12.8 Å². The van der Waals surface area contributed by atoms with Crippen molar-refractivity contribution >= 4 is 0 Å². The third kappa shape index (κ3) is 1.40. The summed E-state index contributed by atoms with van der Waals surface area (Å²) in [5, 5.41) is 18.0. The Morgan fingerprint density at radius 3 is 2.64 bits per heavy atom. The Balaban J connectivity index is 2.38. The summed E-state index contributed by atoms with van der Waals surface area (Å²) < 4.78 is 13.3. The summed E-state index contributed by atoms with van der Waals surface area (Å²) in [5.41, 5.74) is 2.21. The highest BCUT2D eigenvalue weighted by Gasteiger charge is 2.30. The molecule has 3 nitrogen and oxygen atoms in total. The van der Waals surface area contributed by atoms with Crippen LogP contribution in [0.3, 0.4) is 0 Å². The van der Waals surface area contributed by atoms with Crippen molar-refractivity contribution < 1.29 is 14.6 Å². The Labute approximate surface area is 81.2 Å². The summed E-state index contributed by atoms with van der Waals surface area (Å²) in [6, 6.07) is 0. The molecular formula is C10H12FNO2. The van der Waals surface area contributed by atoms with Crippen LogP contribution in [0.1, 0.15) is 16.8 Å². The third-order valence-electron chi connectivity index (χ3n) is 2.82. The number of nitrogens with zero attached hydrogens (tertiary/aromatic N) is 1. The molecule has 1 aromatic rings. The standard InChI is InChI=1S/C10H12FNO2/c1-5-7-2-6(10(13)14)3-8(7)9(11)4-12-5/h4,6,10,13-14H,2-3H2,1H3. The number of fused-ring (bicyclic) bond motifs is 1. The maximum absolute atomic E-state index is 13.3. The highest BCUT2D eigenvalue weighted by Crippen LogP contribution is 2.31. The van der Waals surface area contributed by atoms with E-state index < -0.39 is 6.29 Å². The van der Waals surface area contributed by atoms with E-state index in [1.54, 1.807) is 0 Å². The number of halogens is 1. The van der Waals surface area contributed by atoms with Gasteiger partial charge in [0.1, 0.15) is 5.82 Å². The van der Waals surface area contributed by atoms with Gasteiger partial charge in [-0.15, -0.1) is 0 Å². The molecule has 0 aromatic carbocycles. The second kappa shape index (κ2) is 3.29. The van der Waals surface area contributed by atoms with E-state index in [0.29, 0.717) is 18.4 Å². The molecule has 1 unspecified atom stereocenters. The van der Waals surface area contributed by atoms with E-state index in [4.69, 9.17) is 10.2 Å². The smallest absolute Gasteiger partial charge is 0.154 e. The Hall–Kier alpha value is -1.00. The molecule has 1 aliphatic rings. The van der Waals surface area contributed by atoms with Gasteiger partial charge < -0.3 is 10.2 Å². The van der Waals surface area contributed by atoms with Gasteiger partial charge >= 0.3 is 0 Å². The summed E-state index contributed by atoms with van der Waals surface area (Å²) in [4.78, 5) is 3.91. The van der Waals surface area contributed by atoms with E-state index in [2.05, 4.69) is 4.98 Å². The average Bonchev–Trinajstić information content (AvgIpc) is 2.57. The number of hydrogen-bond donors (Lipinski definition) is 2. The lowest BCUT2D eigenvalue weighted by Gasteiger charge is -2.09. The molecule has 1 heterocycles. The van der Waals surface area contributed by atoms with Crippen molar-refractivity contribution in [3.8, 4) is 0 Å². The van der Waals surface area contributed by atoms with Crippen LogP contribution in [0.4, 0.5) is 4.39 Å². The molecule has 14 heavy (non-hydrogen) atoms. The number of pyridine rings is 1. The summed E-state index contributed by atoms with van der Waals surface area (Å²) in [6.45, 7) is 1.81. The zero-order valence-electron chi connectivity index (χ0n) is 7.87. The molecule has 0 bridgehead atoms. The zero-order valence-corrected chi connectivity index (χ0v) is 7.87. The Morgan fingerprint density at radius 2 is 2.07 bits per heavy atom. The first-order valence-electron chi connectivity index (χ1n) is 4.58. The largest absolute Gasteiger partial charge is 0.368 e. The van der Waals surface area contributed by atoms with Crippen molar-refractivity contribution in [3.63, 3.8) is 0 Å². The number of aromatic nitrogens is 1. The average molecular weight is 197 g/mol. The Bertz CT molecular complexity index is 334. The first-order valence-corrected chi connectivity index (χ1v) is 4.58. The highest BCUT2D eigenvalue weighted by atomic mass is 19.1. The predicted molar refractivity (Wildman–Crippen MR) is 48.1 cm³/mol. The minimum atomic E-state index is -1.37. The van der Waals surface area contributed by atoms with Crippen LogP contribution >= 0.6 is 0 Å². The SMILES string of the molecule is Cc1ncc(F)c2c1CC(C(O)O)C2. The molecule has 0 amide bonds. The molecule has 2 rings (SSSR count). The number of hydrogen-bond acceptors (Lipinski definition) is 3. The quantitative estimate of drug-likeness (QED) is 0.646. The molecule has 0 fully saturated rings. The molecular weight excluding hydrogens is 185 g/mol. The van der Waals surface area contributed by atoms with Gasteiger partial charge in [-0.2, -0.15) is 0 Å². The minimum Gasteiger partial charge on any atom is -0.368 e. The van der Waals surface area contributed by atoms with Crippen LogP contribution in [0.15, 0.2) is 6.20 Å². The van der Waals surface area contributed by atoms with E-state index >= 15 is 0 Å². The van der Waals surface area contributed by atoms with Crippen LogP contribution in [0, 0.1) is 18.7 Å². The van der Waals surface area contributed by atoms with Crippen LogP contribution < -0.4 is 0 Å². The van der Waals surface area contributed by atoms with Gasteiger partial charge in [-0.25, -0.2) is 4.39 Å². The summed E-state index contributed by atoms with van der Waals surface area (Å²) >= 11 is 0. The van der Waals surface area contributed by atoms with Gasteiger partial charge in [0, 0.05) is 11.6 Å². The molecule has 0 spiro atoms. The molecule has 76 valence electrons. The van der Waals surface area contributed by atoms with E-state index in [1.807, 2.05) is 6.92 Å². The topological polar surface area (TPSA) is 53.4 Å². The molecule has 0 saturated heterocycles. The summed E-state index contributed by atoms with van der Waals surface area (Å²) in [6.07, 6.45) is 0.715. The first kappa shape index (κ1) is 9.55. The fourth-order valence-corrected chi connectivity index (χ4v) is 1.97. The van der Waals surface area contributed by atoms with Gasteiger partial charge in [0.15, 0.2) is 6.29 Å². The molecule has 1 aliphatic carbocycles. The molecule has 4 heteroatoms. The maximum atomic E-state index is 13.3. The van der Waals surface area contributed by atoms with Gasteiger partial charge in [-0.05, 0) is 30.9 Å². The lowest BCUT2D eigenvalue weighted by Crippen LogP contribution is -2.19. The fraction of sp³-hybridized carbons (Fsp3) is 0.500. The maximum Gasteiger partial charge on any atom is 0.154 e. The first-order chi connectivity index (χ1) is 6.59. The monoisotopic (exact) mass is 197 g/mol. The lowest BCUT2D eigenvalue weighted by molar-refractivity contribution is -0.0806. The molecule has 1 aromatic heterocycles. The molecule has 2 N–H and O–H groups in total. The van der Waals surface area contributed by atoms with Gasteiger partial charge in [-0.1, -0.05) is 0 Å². The summed E-state index contributed by atoms with van der Waals surface area (Å²) in [5.74, 6) is -0.629. The molecule has 0 saturated carbocycles. The van der Waals surface area contributed by atoms with Crippen LogP contribution in [0.5, 0.6) is 0 Å². The van der Waals surface area contributed by atoms with E-state index in [1.165, 1.54) is 6.20 Å². The van der Waals surface area contributed by atoms with Gasteiger partial charge in [0.25, 0.3) is 0 Å². The predicted octanol–water partition coefficient (Wildman–Crippen LogP) is 0.555. The van der Waals surface area contributed by atoms with Crippen molar-refractivity contribution in [1.82, 2.24) is 4.98 Å². The fourth-order valence-electron chi connectivity index (χ4n) is 1.97.